The predicted octanol–water partition coefficient (Wildman–Crippen LogP) is 6.34. The van der Waals surface area contributed by atoms with Crippen LogP contribution in [0.15, 0.2) is 66.7 Å². The molecule has 0 atom stereocenters. The maximum atomic E-state index is 5.58. The molecule has 2 heterocycles. The minimum atomic E-state index is 0.855. The summed E-state index contributed by atoms with van der Waals surface area (Å²) >= 11 is 0. The van der Waals surface area contributed by atoms with E-state index in [0.717, 1.165) is 61.1 Å². The molecule has 0 saturated carbocycles. The third-order valence-electron chi connectivity index (χ3n) is 6.91. The third kappa shape index (κ3) is 4.26. The summed E-state index contributed by atoms with van der Waals surface area (Å²) in [6.07, 6.45) is 0. The minimum absolute atomic E-state index is 0.855. The number of ether oxygens (including phenoxy) is 1. The highest BCUT2D eigenvalue weighted by Crippen LogP contribution is 2.42. The molecule has 0 bridgehead atoms. The van der Waals surface area contributed by atoms with Crippen LogP contribution in [0.4, 0.5) is 5.82 Å². The van der Waals surface area contributed by atoms with E-state index in [-0.39, 0.29) is 0 Å². The molecule has 0 amide bonds. The fourth-order valence-corrected chi connectivity index (χ4v) is 5.00. The Hall–Kier alpha value is -3.37. The Labute approximate surface area is 202 Å². The topological polar surface area (TPSA) is 28.6 Å². The molecular formula is C30H33N3O. The lowest BCUT2D eigenvalue weighted by Gasteiger charge is -2.36. The third-order valence-corrected chi connectivity index (χ3v) is 6.91. The van der Waals surface area contributed by atoms with Gasteiger partial charge in [-0.15, -0.1) is 0 Å². The first-order valence-electron chi connectivity index (χ1n) is 12.2. The van der Waals surface area contributed by atoms with Crippen LogP contribution in [0.3, 0.4) is 0 Å². The van der Waals surface area contributed by atoms with Gasteiger partial charge in [0.25, 0.3) is 0 Å². The second kappa shape index (κ2) is 9.47. The molecule has 0 radical (unpaired) electrons. The zero-order valence-corrected chi connectivity index (χ0v) is 20.6. The standard InChI is InChI=1S/C30H33N3O/c1-5-32-14-16-33(17-15-32)30-26-13-12-22(3)19-27(26)28(23-9-7-11-25(20-23)34-4)29(31-30)24-10-6-8-21(2)18-24/h6-13,18-20H,5,14-17H2,1-4H3. The van der Waals surface area contributed by atoms with Crippen molar-refractivity contribution in [2.24, 2.45) is 0 Å². The molecule has 0 unspecified atom stereocenters. The van der Waals surface area contributed by atoms with Crippen LogP contribution in [0, 0.1) is 13.8 Å². The predicted molar refractivity (Wildman–Crippen MR) is 143 cm³/mol. The van der Waals surface area contributed by atoms with E-state index in [9.17, 15) is 0 Å². The Kier molecular flexibility index (Phi) is 6.25. The first-order valence-corrected chi connectivity index (χ1v) is 12.2. The van der Waals surface area contributed by atoms with Crippen LogP contribution in [0.2, 0.25) is 0 Å². The van der Waals surface area contributed by atoms with Gasteiger partial charge in [0.1, 0.15) is 11.6 Å². The van der Waals surface area contributed by atoms with E-state index < -0.39 is 0 Å². The van der Waals surface area contributed by atoms with Crippen molar-refractivity contribution >= 4 is 16.6 Å². The first kappa shape index (κ1) is 22.4. The lowest BCUT2D eigenvalue weighted by Crippen LogP contribution is -2.46. The van der Waals surface area contributed by atoms with Gasteiger partial charge in [-0.1, -0.05) is 66.6 Å². The molecule has 4 heteroatoms. The van der Waals surface area contributed by atoms with Crippen molar-refractivity contribution in [2.45, 2.75) is 20.8 Å². The number of piperazine rings is 1. The largest absolute Gasteiger partial charge is 0.497 e. The van der Waals surface area contributed by atoms with E-state index in [4.69, 9.17) is 9.72 Å². The molecule has 1 aromatic heterocycles. The Morgan fingerprint density at radius 2 is 1.53 bits per heavy atom. The lowest BCUT2D eigenvalue weighted by molar-refractivity contribution is 0.271. The number of aromatic nitrogens is 1. The molecule has 3 aromatic carbocycles. The van der Waals surface area contributed by atoms with E-state index in [0.29, 0.717) is 0 Å². The van der Waals surface area contributed by atoms with Crippen LogP contribution in [0.5, 0.6) is 5.75 Å². The van der Waals surface area contributed by atoms with Gasteiger partial charge in [0.2, 0.25) is 0 Å². The van der Waals surface area contributed by atoms with Crippen molar-refractivity contribution in [3.05, 3.63) is 77.9 Å². The summed E-state index contributed by atoms with van der Waals surface area (Å²) < 4.78 is 5.58. The van der Waals surface area contributed by atoms with Crippen molar-refractivity contribution in [3.63, 3.8) is 0 Å². The summed E-state index contributed by atoms with van der Waals surface area (Å²) in [6.45, 7) is 11.8. The molecule has 174 valence electrons. The van der Waals surface area contributed by atoms with Gasteiger partial charge in [-0.2, -0.15) is 0 Å². The number of fused-ring (bicyclic) bond motifs is 1. The van der Waals surface area contributed by atoms with Crippen LogP contribution in [-0.4, -0.2) is 49.7 Å². The maximum Gasteiger partial charge on any atom is 0.137 e. The van der Waals surface area contributed by atoms with E-state index in [1.807, 2.05) is 6.07 Å². The number of benzene rings is 3. The van der Waals surface area contributed by atoms with Crippen molar-refractivity contribution < 1.29 is 4.74 Å². The van der Waals surface area contributed by atoms with E-state index in [1.165, 1.54) is 27.5 Å². The summed E-state index contributed by atoms with van der Waals surface area (Å²) in [4.78, 5) is 10.4. The quantitative estimate of drug-likeness (QED) is 0.354. The number of rotatable bonds is 5. The van der Waals surface area contributed by atoms with Crippen molar-refractivity contribution in [3.8, 4) is 28.1 Å². The van der Waals surface area contributed by atoms with Gasteiger partial charge in [-0.05, 0) is 49.5 Å². The minimum Gasteiger partial charge on any atom is -0.497 e. The molecule has 1 aliphatic rings. The van der Waals surface area contributed by atoms with Crippen LogP contribution in [-0.2, 0) is 0 Å². The van der Waals surface area contributed by atoms with Gasteiger partial charge < -0.3 is 14.5 Å². The fourth-order valence-electron chi connectivity index (χ4n) is 5.00. The first-order chi connectivity index (χ1) is 16.6. The Balaban J connectivity index is 1.80. The summed E-state index contributed by atoms with van der Waals surface area (Å²) in [5.41, 5.74) is 6.95. The van der Waals surface area contributed by atoms with Gasteiger partial charge in [-0.25, -0.2) is 4.98 Å². The van der Waals surface area contributed by atoms with Crippen LogP contribution >= 0.6 is 0 Å². The van der Waals surface area contributed by atoms with Crippen LogP contribution in [0.1, 0.15) is 18.1 Å². The van der Waals surface area contributed by atoms with Gasteiger partial charge in [0.15, 0.2) is 0 Å². The molecule has 0 aliphatic carbocycles. The van der Waals surface area contributed by atoms with Gasteiger partial charge in [0, 0.05) is 42.7 Å². The second-order valence-electron chi connectivity index (χ2n) is 9.23. The normalized spacial score (nSPS) is 14.5. The van der Waals surface area contributed by atoms with Gasteiger partial charge in [-0.3, -0.25) is 0 Å². The van der Waals surface area contributed by atoms with E-state index >= 15 is 0 Å². The molecule has 5 rings (SSSR count). The van der Waals surface area contributed by atoms with Gasteiger partial charge >= 0.3 is 0 Å². The molecule has 0 spiro atoms. The number of methoxy groups -OCH3 is 1. The summed E-state index contributed by atoms with van der Waals surface area (Å²) in [6, 6.07) is 23.8. The SMILES string of the molecule is CCN1CCN(c2nc(-c3cccc(C)c3)c(-c3cccc(OC)c3)c3cc(C)ccc23)CC1. The second-order valence-corrected chi connectivity index (χ2v) is 9.23. The smallest absolute Gasteiger partial charge is 0.137 e. The maximum absolute atomic E-state index is 5.58. The molecular weight excluding hydrogens is 418 g/mol. The average Bonchev–Trinajstić information content (AvgIpc) is 2.87. The number of anilines is 1. The zero-order chi connectivity index (χ0) is 23.7. The zero-order valence-electron chi connectivity index (χ0n) is 20.6. The van der Waals surface area contributed by atoms with Gasteiger partial charge in [0.05, 0.1) is 12.8 Å². The molecule has 0 N–H and O–H groups in total. The Bertz CT molecular complexity index is 1320. The van der Waals surface area contributed by atoms with E-state index in [2.05, 4.69) is 91.2 Å². The monoisotopic (exact) mass is 451 g/mol. The Morgan fingerprint density at radius 3 is 2.26 bits per heavy atom. The lowest BCUT2D eigenvalue weighted by atomic mass is 9.92. The van der Waals surface area contributed by atoms with Crippen LogP contribution < -0.4 is 9.64 Å². The molecule has 1 saturated heterocycles. The molecule has 4 nitrogen and oxygen atoms in total. The summed E-state index contributed by atoms with van der Waals surface area (Å²) in [5, 5.41) is 2.46. The number of aryl methyl sites for hydroxylation is 2. The van der Waals surface area contributed by atoms with Crippen molar-refractivity contribution in [1.82, 2.24) is 9.88 Å². The van der Waals surface area contributed by atoms with Crippen molar-refractivity contribution in [2.75, 3.05) is 44.7 Å². The highest BCUT2D eigenvalue weighted by atomic mass is 16.5. The number of pyridine rings is 1. The molecule has 1 fully saturated rings. The number of hydrogen-bond acceptors (Lipinski definition) is 4. The van der Waals surface area contributed by atoms with Crippen LogP contribution in [0.25, 0.3) is 33.2 Å². The van der Waals surface area contributed by atoms with Crippen molar-refractivity contribution in [1.29, 1.82) is 0 Å². The molecule has 4 aromatic rings. The Morgan fingerprint density at radius 1 is 0.794 bits per heavy atom. The summed E-state index contributed by atoms with van der Waals surface area (Å²) in [7, 11) is 1.72. The molecule has 1 aliphatic heterocycles. The average molecular weight is 452 g/mol. The fraction of sp³-hybridized carbons (Fsp3) is 0.300. The number of likely N-dealkylation sites (N-methyl/N-ethyl adjacent to an activating group) is 1. The highest BCUT2D eigenvalue weighted by molar-refractivity contribution is 6.07. The van der Waals surface area contributed by atoms with E-state index in [1.54, 1.807) is 7.11 Å². The molecule has 34 heavy (non-hydrogen) atoms. The summed E-state index contributed by atoms with van der Waals surface area (Å²) in [5.74, 6) is 1.95. The number of nitrogens with zero attached hydrogens (tertiary/aromatic N) is 3. The highest BCUT2D eigenvalue weighted by Gasteiger charge is 2.23. The number of hydrogen-bond donors (Lipinski definition) is 0.